The van der Waals surface area contributed by atoms with Gasteiger partial charge in [0.25, 0.3) is 0 Å². The van der Waals surface area contributed by atoms with Crippen molar-refractivity contribution in [2.45, 2.75) is 20.8 Å². The van der Waals surface area contributed by atoms with Crippen LogP contribution in [0.15, 0.2) is 18.6 Å². The third-order valence-electron chi connectivity index (χ3n) is 1.71. The van der Waals surface area contributed by atoms with Gasteiger partial charge in [0.2, 0.25) is 0 Å². The highest BCUT2D eigenvalue weighted by atomic mass is 15.2. The second kappa shape index (κ2) is 4.03. The maximum absolute atomic E-state index is 4.29. The van der Waals surface area contributed by atoms with E-state index in [9.17, 15) is 0 Å². The summed E-state index contributed by atoms with van der Waals surface area (Å²) in [7, 11) is 1.92. The highest BCUT2D eigenvalue weighted by Gasteiger charge is 1.99. The summed E-state index contributed by atoms with van der Waals surface area (Å²) in [5, 5.41) is 5.39. The molecule has 0 fully saturated rings. The zero-order valence-corrected chi connectivity index (χ0v) is 8.57. The molecule has 0 aromatic carbocycles. The molecular formula is C10H15N3. The lowest BCUT2D eigenvalue weighted by Gasteiger charge is -1.89. The third kappa shape index (κ3) is 1.86. The molecule has 0 amide bonds. The minimum absolute atomic E-state index is 1.04. The minimum atomic E-state index is 1.04. The Morgan fingerprint density at radius 1 is 1.23 bits per heavy atom. The number of hydrogen-bond acceptors (Lipinski definition) is 2. The van der Waals surface area contributed by atoms with Gasteiger partial charge in [-0.2, -0.15) is 5.10 Å². The molecule has 3 nitrogen and oxygen atoms in total. The number of aryl methyl sites for hydroxylation is 2. The normalized spacial score (nSPS) is 9.54. The van der Waals surface area contributed by atoms with Crippen molar-refractivity contribution >= 4 is 10.9 Å². The summed E-state index contributed by atoms with van der Waals surface area (Å²) < 4.78 is 1.80. The fourth-order valence-corrected chi connectivity index (χ4v) is 1.20. The molecule has 0 aliphatic heterocycles. The molecule has 2 heterocycles. The Balaban J connectivity index is 0.000000396. The van der Waals surface area contributed by atoms with E-state index in [0.29, 0.717) is 0 Å². The van der Waals surface area contributed by atoms with Gasteiger partial charge in [-0.05, 0) is 12.5 Å². The second-order valence-electron chi connectivity index (χ2n) is 2.70. The Morgan fingerprint density at radius 3 is 2.54 bits per heavy atom. The Hall–Kier alpha value is -1.38. The molecule has 0 bridgehead atoms. The summed E-state index contributed by atoms with van der Waals surface area (Å²) in [6.45, 7) is 6.02. The molecule has 0 N–H and O–H groups in total. The Morgan fingerprint density at radius 2 is 1.92 bits per heavy atom. The van der Waals surface area contributed by atoms with Crippen molar-refractivity contribution in [3.63, 3.8) is 0 Å². The Labute approximate surface area is 78.4 Å². The fourth-order valence-electron chi connectivity index (χ4n) is 1.20. The van der Waals surface area contributed by atoms with Crippen LogP contribution in [0, 0.1) is 6.92 Å². The van der Waals surface area contributed by atoms with Crippen LogP contribution >= 0.6 is 0 Å². The molecule has 2 aromatic heterocycles. The van der Waals surface area contributed by atoms with Gasteiger partial charge in [-0.15, -0.1) is 0 Å². The first-order valence-corrected chi connectivity index (χ1v) is 4.51. The standard InChI is InChI=1S/C8H9N3.C2H6/c1-6-3-9-4-7-5-11(2)10-8(6)7;1-2/h3-5H,1-2H3;1-2H3. The number of fused-ring (bicyclic) bond motifs is 1. The highest BCUT2D eigenvalue weighted by molar-refractivity contribution is 5.79. The molecule has 13 heavy (non-hydrogen) atoms. The molecule has 2 aromatic rings. The van der Waals surface area contributed by atoms with Crippen LogP contribution in [0.5, 0.6) is 0 Å². The predicted octanol–water partition coefficient (Wildman–Crippen LogP) is 2.30. The minimum Gasteiger partial charge on any atom is -0.275 e. The van der Waals surface area contributed by atoms with Gasteiger partial charge in [-0.3, -0.25) is 9.67 Å². The van der Waals surface area contributed by atoms with Crippen molar-refractivity contribution in [2.24, 2.45) is 7.05 Å². The maximum atomic E-state index is 4.29. The van der Waals surface area contributed by atoms with Gasteiger partial charge in [-0.25, -0.2) is 0 Å². The van der Waals surface area contributed by atoms with Crippen LogP contribution in [0.1, 0.15) is 19.4 Å². The number of rotatable bonds is 0. The van der Waals surface area contributed by atoms with Crippen LogP contribution < -0.4 is 0 Å². The summed E-state index contributed by atoms with van der Waals surface area (Å²) in [6.07, 6.45) is 5.62. The molecule has 70 valence electrons. The van der Waals surface area contributed by atoms with Gasteiger partial charge in [0.1, 0.15) is 0 Å². The predicted molar refractivity (Wildman–Crippen MR) is 54.6 cm³/mol. The molecule has 0 saturated heterocycles. The summed E-state index contributed by atoms with van der Waals surface area (Å²) in [5.41, 5.74) is 2.17. The summed E-state index contributed by atoms with van der Waals surface area (Å²) >= 11 is 0. The molecular weight excluding hydrogens is 162 g/mol. The van der Waals surface area contributed by atoms with Gasteiger partial charge in [-0.1, -0.05) is 13.8 Å². The lowest BCUT2D eigenvalue weighted by atomic mass is 10.2. The highest BCUT2D eigenvalue weighted by Crippen LogP contribution is 2.12. The molecule has 3 heteroatoms. The molecule has 0 unspecified atom stereocenters. The SMILES string of the molecule is CC.Cc1cncc2cn(C)nc12. The van der Waals surface area contributed by atoms with Crippen molar-refractivity contribution in [2.75, 3.05) is 0 Å². The second-order valence-corrected chi connectivity index (χ2v) is 2.70. The molecule has 0 spiro atoms. The first-order valence-electron chi connectivity index (χ1n) is 4.51. The lowest BCUT2D eigenvalue weighted by molar-refractivity contribution is 0.779. The van der Waals surface area contributed by atoms with Crippen molar-refractivity contribution in [3.05, 3.63) is 24.2 Å². The van der Waals surface area contributed by atoms with E-state index in [1.807, 2.05) is 46.4 Å². The van der Waals surface area contributed by atoms with Crippen LogP contribution in [0.25, 0.3) is 10.9 Å². The average molecular weight is 177 g/mol. The quantitative estimate of drug-likeness (QED) is 0.618. The van der Waals surface area contributed by atoms with E-state index in [4.69, 9.17) is 0 Å². The van der Waals surface area contributed by atoms with Gasteiger partial charge in [0.15, 0.2) is 0 Å². The van der Waals surface area contributed by atoms with Crippen LogP contribution in [-0.4, -0.2) is 14.8 Å². The molecule has 2 rings (SSSR count). The monoisotopic (exact) mass is 177 g/mol. The van der Waals surface area contributed by atoms with Crippen molar-refractivity contribution < 1.29 is 0 Å². The van der Waals surface area contributed by atoms with Crippen molar-refractivity contribution in [1.29, 1.82) is 0 Å². The molecule has 0 aliphatic carbocycles. The van der Waals surface area contributed by atoms with Crippen LogP contribution in [-0.2, 0) is 7.05 Å². The number of pyridine rings is 1. The smallest absolute Gasteiger partial charge is 0.0983 e. The third-order valence-corrected chi connectivity index (χ3v) is 1.71. The Kier molecular flexibility index (Phi) is 3.01. The molecule has 0 aliphatic rings. The average Bonchev–Trinajstić information content (AvgIpc) is 2.51. The van der Waals surface area contributed by atoms with Gasteiger partial charge >= 0.3 is 0 Å². The number of hydrogen-bond donors (Lipinski definition) is 0. The summed E-state index contributed by atoms with van der Waals surface area (Å²) in [4.78, 5) is 4.07. The number of nitrogens with zero attached hydrogens (tertiary/aromatic N) is 3. The van der Waals surface area contributed by atoms with Crippen molar-refractivity contribution in [3.8, 4) is 0 Å². The van der Waals surface area contributed by atoms with Crippen molar-refractivity contribution in [1.82, 2.24) is 14.8 Å². The molecule has 0 saturated carbocycles. The molecule has 0 radical (unpaired) electrons. The summed E-state index contributed by atoms with van der Waals surface area (Å²) in [5.74, 6) is 0. The maximum Gasteiger partial charge on any atom is 0.0983 e. The topological polar surface area (TPSA) is 30.7 Å². The first-order chi connectivity index (χ1) is 6.27. The van der Waals surface area contributed by atoms with Crippen LogP contribution in [0.2, 0.25) is 0 Å². The fraction of sp³-hybridized carbons (Fsp3) is 0.400. The van der Waals surface area contributed by atoms with E-state index in [2.05, 4.69) is 10.1 Å². The van der Waals surface area contributed by atoms with E-state index in [1.165, 1.54) is 0 Å². The largest absolute Gasteiger partial charge is 0.275 e. The number of aromatic nitrogens is 3. The van der Waals surface area contributed by atoms with Gasteiger partial charge < -0.3 is 0 Å². The van der Waals surface area contributed by atoms with E-state index >= 15 is 0 Å². The van der Waals surface area contributed by atoms with Crippen LogP contribution in [0.4, 0.5) is 0 Å². The van der Waals surface area contributed by atoms with E-state index in [-0.39, 0.29) is 0 Å². The zero-order chi connectivity index (χ0) is 9.84. The first kappa shape index (κ1) is 9.71. The summed E-state index contributed by atoms with van der Waals surface area (Å²) in [6, 6.07) is 0. The van der Waals surface area contributed by atoms with Gasteiger partial charge in [0, 0.05) is 31.0 Å². The van der Waals surface area contributed by atoms with E-state index in [1.54, 1.807) is 4.68 Å². The van der Waals surface area contributed by atoms with E-state index < -0.39 is 0 Å². The lowest BCUT2D eigenvalue weighted by Crippen LogP contribution is -1.86. The zero-order valence-electron chi connectivity index (χ0n) is 8.57. The van der Waals surface area contributed by atoms with Crippen LogP contribution in [0.3, 0.4) is 0 Å². The molecule has 0 atom stereocenters. The van der Waals surface area contributed by atoms with E-state index in [0.717, 1.165) is 16.5 Å². The Bertz CT molecular complexity index is 390. The van der Waals surface area contributed by atoms with Gasteiger partial charge in [0.05, 0.1) is 5.52 Å².